The van der Waals surface area contributed by atoms with Crippen molar-refractivity contribution in [2.24, 2.45) is 0 Å². The average molecular weight is 309 g/mol. The van der Waals surface area contributed by atoms with Crippen molar-refractivity contribution in [2.45, 2.75) is 6.42 Å². The van der Waals surface area contributed by atoms with E-state index in [2.05, 4.69) is 22.2 Å². The number of carbonyl (C=O) groups is 1. The second-order valence-corrected chi connectivity index (χ2v) is 5.62. The number of amides is 1. The van der Waals surface area contributed by atoms with Crippen molar-refractivity contribution in [1.29, 1.82) is 0 Å². The molecule has 0 radical (unpaired) electrons. The van der Waals surface area contributed by atoms with Crippen LogP contribution in [-0.2, 0) is 0 Å². The minimum Gasteiger partial charge on any atom is -0.504 e. The Morgan fingerprint density at radius 2 is 1.73 bits per heavy atom. The predicted molar refractivity (Wildman–Crippen MR) is 82.3 cm³/mol. The number of hydrogen-bond acceptors (Lipinski definition) is 6. The molecule has 22 heavy (non-hydrogen) atoms. The van der Waals surface area contributed by atoms with Gasteiger partial charge >= 0.3 is 0 Å². The first-order valence-electron chi connectivity index (χ1n) is 7.41. The van der Waals surface area contributed by atoms with Gasteiger partial charge in [0.15, 0.2) is 17.2 Å². The van der Waals surface area contributed by atoms with Crippen LogP contribution in [0, 0.1) is 0 Å². The number of aromatic hydroxyl groups is 3. The van der Waals surface area contributed by atoms with E-state index in [1.807, 2.05) is 0 Å². The number of rotatable bonds is 5. The third kappa shape index (κ3) is 4.25. The molecule has 0 spiro atoms. The number of piperazine rings is 1. The number of benzene rings is 1. The lowest BCUT2D eigenvalue weighted by molar-refractivity contribution is 0.0948. The molecule has 1 aliphatic rings. The number of hydrogen-bond donors (Lipinski definition) is 4. The summed E-state index contributed by atoms with van der Waals surface area (Å²) in [6.45, 7) is 5.68. The molecule has 1 aromatic rings. The minimum absolute atomic E-state index is 0.118. The Kier molecular flexibility index (Phi) is 5.46. The van der Waals surface area contributed by atoms with E-state index in [1.165, 1.54) is 0 Å². The second-order valence-electron chi connectivity index (χ2n) is 5.62. The van der Waals surface area contributed by atoms with Crippen LogP contribution in [0.15, 0.2) is 12.1 Å². The molecular weight excluding hydrogens is 286 g/mol. The summed E-state index contributed by atoms with van der Waals surface area (Å²) in [4.78, 5) is 16.6. The molecule has 1 aromatic carbocycles. The quantitative estimate of drug-likeness (QED) is 0.457. The van der Waals surface area contributed by atoms with Crippen molar-refractivity contribution in [3.05, 3.63) is 17.7 Å². The minimum atomic E-state index is -0.619. The van der Waals surface area contributed by atoms with Crippen LogP contribution >= 0.6 is 0 Å². The molecule has 0 aromatic heterocycles. The Balaban J connectivity index is 1.74. The van der Waals surface area contributed by atoms with Gasteiger partial charge in [-0.3, -0.25) is 4.79 Å². The van der Waals surface area contributed by atoms with Crippen LogP contribution in [-0.4, -0.2) is 77.3 Å². The fourth-order valence-corrected chi connectivity index (χ4v) is 2.41. The lowest BCUT2D eigenvalue weighted by Crippen LogP contribution is -2.45. The van der Waals surface area contributed by atoms with Crippen molar-refractivity contribution in [2.75, 3.05) is 46.3 Å². The van der Waals surface area contributed by atoms with E-state index >= 15 is 0 Å². The van der Waals surface area contributed by atoms with Crippen LogP contribution < -0.4 is 5.32 Å². The Morgan fingerprint density at radius 3 is 2.32 bits per heavy atom. The summed E-state index contributed by atoms with van der Waals surface area (Å²) in [7, 11) is 2.11. The maximum absolute atomic E-state index is 11.9. The lowest BCUT2D eigenvalue weighted by Gasteiger charge is -2.32. The molecule has 122 valence electrons. The van der Waals surface area contributed by atoms with Crippen LogP contribution in [0.5, 0.6) is 17.2 Å². The molecule has 7 nitrogen and oxygen atoms in total. The molecule has 0 atom stereocenters. The zero-order valence-electron chi connectivity index (χ0n) is 12.7. The molecule has 4 N–H and O–H groups in total. The molecule has 0 aliphatic carbocycles. The molecule has 1 amide bonds. The molecule has 0 unspecified atom stereocenters. The number of phenols is 3. The Bertz CT molecular complexity index is 505. The summed E-state index contributed by atoms with van der Waals surface area (Å²) in [6, 6.07) is 2.26. The number of likely N-dealkylation sites (N-methyl/N-ethyl adjacent to an activating group) is 1. The molecule has 0 saturated carbocycles. The maximum Gasteiger partial charge on any atom is 0.251 e. The second kappa shape index (κ2) is 7.33. The van der Waals surface area contributed by atoms with Crippen molar-refractivity contribution >= 4 is 5.91 Å². The molecule has 7 heteroatoms. The molecule has 1 heterocycles. The number of carbonyl (C=O) groups excluding carboxylic acids is 1. The average Bonchev–Trinajstić information content (AvgIpc) is 2.50. The molecular formula is C15H23N3O4. The zero-order chi connectivity index (χ0) is 16.1. The van der Waals surface area contributed by atoms with Gasteiger partial charge in [0.2, 0.25) is 0 Å². The first kappa shape index (κ1) is 16.4. The van der Waals surface area contributed by atoms with E-state index in [0.29, 0.717) is 6.54 Å². The predicted octanol–water partition coefficient (Wildman–Crippen LogP) is 0.171. The zero-order valence-corrected chi connectivity index (χ0v) is 12.7. The summed E-state index contributed by atoms with van der Waals surface area (Å²) in [5, 5.41) is 30.8. The lowest BCUT2D eigenvalue weighted by atomic mass is 10.1. The van der Waals surface area contributed by atoms with Gasteiger partial charge in [-0.15, -0.1) is 0 Å². The molecule has 0 bridgehead atoms. The van der Waals surface area contributed by atoms with Crippen LogP contribution in [0.3, 0.4) is 0 Å². The van der Waals surface area contributed by atoms with Crippen LogP contribution in [0.4, 0.5) is 0 Å². The summed E-state index contributed by atoms with van der Waals surface area (Å²) in [5.41, 5.74) is 0.118. The van der Waals surface area contributed by atoms with Gasteiger partial charge < -0.3 is 30.4 Å². The van der Waals surface area contributed by atoms with Crippen molar-refractivity contribution in [3.8, 4) is 17.2 Å². The fourth-order valence-electron chi connectivity index (χ4n) is 2.41. The van der Waals surface area contributed by atoms with Crippen LogP contribution in [0.1, 0.15) is 16.8 Å². The van der Waals surface area contributed by atoms with Gasteiger partial charge in [0.05, 0.1) is 0 Å². The molecule has 1 aliphatic heterocycles. The van der Waals surface area contributed by atoms with E-state index in [4.69, 9.17) is 0 Å². The maximum atomic E-state index is 11.9. The highest BCUT2D eigenvalue weighted by molar-refractivity contribution is 5.95. The number of phenolic OH excluding ortho intramolecular Hbond substituents is 3. The highest BCUT2D eigenvalue weighted by atomic mass is 16.3. The Hall–Kier alpha value is -1.99. The fraction of sp³-hybridized carbons (Fsp3) is 0.533. The van der Waals surface area contributed by atoms with Gasteiger partial charge in [0.25, 0.3) is 5.91 Å². The van der Waals surface area contributed by atoms with Gasteiger partial charge in [0, 0.05) is 38.3 Å². The van der Waals surface area contributed by atoms with E-state index in [1.54, 1.807) is 0 Å². The first-order valence-corrected chi connectivity index (χ1v) is 7.41. The Labute approximate surface area is 129 Å². The standard InChI is InChI=1S/C15H23N3O4/c1-17-5-7-18(8-6-17)4-2-3-16-15(22)11-9-12(19)14(21)13(20)10-11/h9-10,19-21H,2-8H2,1H3,(H,16,22). The molecule has 1 fully saturated rings. The third-order valence-corrected chi connectivity index (χ3v) is 3.86. The van der Waals surface area contributed by atoms with E-state index < -0.39 is 17.2 Å². The Morgan fingerprint density at radius 1 is 1.14 bits per heavy atom. The smallest absolute Gasteiger partial charge is 0.251 e. The summed E-state index contributed by atoms with van der Waals surface area (Å²) < 4.78 is 0. The van der Waals surface area contributed by atoms with Gasteiger partial charge in [-0.1, -0.05) is 0 Å². The summed E-state index contributed by atoms with van der Waals surface area (Å²) >= 11 is 0. The van der Waals surface area contributed by atoms with Gasteiger partial charge in [-0.05, 0) is 32.1 Å². The highest BCUT2D eigenvalue weighted by Gasteiger charge is 2.14. The number of nitrogens with zero attached hydrogens (tertiary/aromatic N) is 2. The molecule has 1 saturated heterocycles. The third-order valence-electron chi connectivity index (χ3n) is 3.86. The van der Waals surface area contributed by atoms with Gasteiger partial charge in [0.1, 0.15) is 0 Å². The SMILES string of the molecule is CN1CCN(CCCNC(=O)c2cc(O)c(O)c(O)c2)CC1. The summed E-state index contributed by atoms with van der Waals surface area (Å²) in [5.74, 6) is -2.03. The van der Waals surface area contributed by atoms with Crippen LogP contribution in [0.2, 0.25) is 0 Å². The highest BCUT2D eigenvalue weighted by Crippen LogP contribution is 2.35. The van der Waals surface area contributed by atoms with E-state index in [0.717, 1.165) is 51.3 Å². The largest absolute Gasteiger partial charge is 0.504 e. The summed E-state index contributed by atoms with van der Waals surface area (Å²) in [6.07, 6.45) is 0.839. The number of nitrogens with one attached hydrogen (secondary N) is 1. The van der Waals surface area contributed by atoms with Gasteiger partial charge in [-0.25, -0.2) is 0 Å². The topological polar surface area (TPSA) is 96.3 Å². The van der Waals surface area contributed by atoms with Gasteiger partial charge in [-0.2, -0.15) is 0 Å². The van der Waals surface area contributed by atoms with Crippen molar-refractivity contribution in [1.82, 2.24) is 15.1 Å². The van der Waals surface area contributed by atoms with Crippen molar-refractivity contribution in [3.63, 3.8) is 0 Å². The van der Waals surface area contributed by atoms with E-state index in [-0.39, 0.29) is 11.5 Å². The van der Waals surface area contributed by atoms with Crippen LogP contribution in [0.25, 0.3) is 0 Å². The van der Waals surface area contributed by atoms with E-state index in [9.17, 15) is 20.1 Å². The normalized spacial score (nSPS) is 16.6. The molecule has 2 rings (SSSR count). The first-order chi connectivity index (χ1) is 10.5. The monoisotopic (exact) mass is 309 g/mol. The van der Waals surface area contributed by atoms with Crippen molar-refractivity contribution < 1.29 is 20.1 Å².